The van der Waals surface area contributed by atoms with Crippen LogP contribution in [0.5, 0.6) is 11.5 Å². The maximum absolute atomic E-state index is 5.65. The number of aromatic nitrogens is 4. The highest BCUT2D eigenvalue weighted by Gasteiger charge is 2.13. The quantitative estimate of drug-likeness (QED) is 0.546. The third-order valence-electron chi connectivity index (χ3n) is 4.69. The molecule has 2 aromatic carbocycles. The second-order valence-electron chi connectivity index (χ2n) is 6.54. The second kappa shape index (κ2) is 7.17. The van der Waals surface area contributed by atoms with Crippen LogP contribution < -0.4 is 14.8 Å². The smallest absolute Gasteiger partial charge is 0.168 e. The van der Waals surface area contributed by atoms with E-state index in [1.165, 1.54) is 6.33 Å². The minimum Gasteiger partial charge on any atom is -0.486 e. The van der Waals surface area contributed by atoms with E-state index in [1.54, 1.807) is 10.9 Å². The maximum Gasteiger partial charge on any atom is 0.168 e. The average molecular weight is 383 g/mol. The lowest BCUT2D eigenvalue weighted by atomic mass is 10.2. The van der Waals surface area contributed by atoms with Gasteiger partial charge in [-0.05, 0) is 35.9 Å². The fourth-order valence-electron chi connectivity index (χ4n) is 3.28. The van der Waals surface area contributed by atoms with Gasteiger partial charge in [0.1, 0.15) is 25.4 Å². The van der Waals surface area contributed by atoms with Crippen molar-refractivity contribution in [2.24, 2.45) is 0 Å². The first-order valence-corrected chi connectivity index (χ1v) is 9.20. The SMILES string of the molecule is C#Cc1cccc(-n2ncc3c(NCc4ccc5c(c4)OCCO5)ncnc32)c1. The van der Waals surface area contributed by atoms with E-state index in [0.29, 0.717) is 31.2 Å². The Labute approximate surface area is 167 Å². The second-order valence-corrected chi connectivity index (χ2v) is 6.54. The molecule has 0 saturated carbocycles. The molecule has 0 bridgehead atoms. The van der Waals surface area contributed by atoms with Gasteiger partial charge in [-0.2, -0.15) is 5.10 Å². The molecule has 0 atom stereocenters. The number of nitrogens with one attached hydrogen (secondary N) is 1. The number of nitrogens with zero attached hydrogens (tertiary/aromatic N) is 4. The monoisotopic (exact) mass is 383 g/mol. The molecule has 3 heterocycles. The van der Waals surface area contributed by atoms with Gasteiger partial charge in [0.15, 0.2) is 17.1 Å². The van der Waals surface area contributed by atoms with E-state index in [9.17, 15) is 0 Å². The first-order chi connectivity index (χ1) is 14.3. The summed E-state index contributed by atoms with van der Waals surface area (Å²) in [5, 5.41) is 8.68. The molecule has 0 saturated heterocycles. The average Bonchev–Trinajstić information content (AvgIpc) is 3.22. The number of anilines is 1. The number of terminal acetylenes is 1. The molecule has 29 heavy (non-hydrogen) atoms. The number of ether oxygens (including phenoxy) is 2. The summed E-state index contributed by atoms with van der Waals surface area (Å²) in [6, 6.07) is 13.5. The van der Waals surface area contributed by atoms with Crippen LogP contribution in [0.1, 0.15) is 11.1 Å². The Morgan fingerprint density at radius 1 is 1.07 bits per heavy atom. The fraction of sp³-hybridized carbons (Fsp3) is 0.136. The summed E-state index contributed by atoms with van der Waals surface area (Å²) in [5.74, 6) is 4.90. The van der Waals surface area contributed by atoms with E-state index in [0.717, 1.165) is 33.7 Å². The summed E-state index contributed by atoms with van der Waals surface area (Å²) in [7, 11) is 0. The summed E-state index contributed by atoms with van der Waals surface area (Å²) in [6.07, 6.45) is 8.79. The Morgan fingerprint density at radius 3 is 2.86 bits per heavy atom. The van der Waals surface area contributed by atoms with Gasteiger partial charge in [0.25, 0.3) is 0 Å². The van der Waals surface area contributed by atoms with Crippen molar-refractivity contribution in [1.29, 1.82) is 0 Å². The van der Waals surface area contributed by atoms with Crippen LogP contribution in [0.2, 0.25) is 0 Å². The topological polar surface area (TPSA) is 74.1 Å². The Balaban J connectivity index is 1.43. The molecule has 1 aliphatic heterocycles. The highest BCUT2D eigenvalue weighted by Crippen LogP contribution is 2.31. The van der Waals surface area contributed by atoms with E-state index >= 15 is 0 Å². The van der Waals surface area contributed by atoms with Crippen molar-refractivity contribution in [1.82, 2.24) is 19.7 Å². The Bertz CT molecular complexity index is 1240. The highest BCUT2D eigenvalue weighted by atomic mass is 16.6. The van der Waals surface area contributed by atoms with Crippen LogP contribution in [0.4, 0.5) is 5.82 Å². The van der Waals surface area contributed by atoms with Crippen LogP contribution in [-0.4, -0.2) is 33.0 Å². The van der Waals surface area contributed by atoms with Gasteiger partial charge in [-0.3, -0.25) is 0 Å². The molecule has 0 aliphatic carbocycles. The zero-order valence-corrected chi connectivity index (χ0v) is 15.5. The van der Waals surface area contributed by atoms with Gasteiger partial charge < -0.3 is 14.8 Å². The van der Waals surface area contributed by atoms with Gasteiger partial charge in [0.05, 0.1) is 17.3 Å². The van der Waals surface area contributed by atoms with Crippen molar-refractivity contribution in [2.75, 3.05) is 18.5 Å². The van der Waals surface area contributed by atoms with Crippen molar-refractivity contribution in [3.05, 3.63) is 66.1 Å². The predicted octanol–water partition coefficient (Wildman–Crippen LogP) is 3.18. The zero-order valence-electron chi connectivity index (χ0n) is 15.5. The van der Waals surface area contributed by atoms with Gasteiger partial charge >= 0.3 is 0 Å². The summed E-state index contributed by atoms with van der Waals surface area (Å²) in [5.41, 5.74) is 3.41. The van der Waals surface area contributed by atoms with Crippen molar-refractivity contribution in [2.45, 2.75) is 6.54 Å². The number of hydrogen-bond acceptors (Lipinski definition) is 6. The van der Waals surface area contributed by atoms with Crippen molar-refractivity contribution >= 4 is 16.9 Å². The lowest BCUT2D eigenvalue weighted by molar-refractivity contribution is 0.171. The van der Waals surface area contributed by atoms with E-state index < -0.39 is 0 Å². The molecular formula is C22H17N5O2. The summed E-state index contributed by atoms with van der Waals surface area (Å²) >= 11 is 0. The Morgan fingerprint density at radius 2 is 1.97 bits per heavy atom. The molecule has 0 unspecified atom stereocenters. The van der Waals surface area contributed by atoms with Gasteiger partial charge in [-0.1, -0.05) is 18.1 Å². The molecule has 0 fully saturated rings. The van der Waals surface area contributed by atoms with Gasteiger partial charge in [0.2, 0.25) is 0 Å². The number of hydrogen-bond donors (Lipinski definition) is 1. The predicted molar refractivity (Wildman–Crippen MR) is 109 cm³/mol. The summed E-state index contributed by atoms with van der Waals surface area (Å²) in [6.45, 7) is 1.73. The molecule has 0 amide bonds. The van der Waals surface area contributed by atoms with Crippen LogP contribution >= 0.6 is 0 Å². The molecule has 1 N–H and O–H groups in total. The molecule has 7 heteroatoms. The van der Waals surface area contributed by atoms with Gasteiger partial charge in [0, 0.05) is 12.1 Å². The van der Waals surface area contributed by atoms with Crippen LogP contribution in [0, 0.1) is 12.3 Å². The standard InChI is InChI=1S/C22H17N5O2/c1-2-15-4-3-5-17(10-15)27-22-18(13-26-27)21(24-14-25-22)23-12-16-6-7-19-20(11-16)29-9-8-28-19/h1,3-7,10-11,13-14H,8-9,12H2,(H,23,24,25). The molecule has 0 radical (unpaired) electrons. The molecule has 4 aromatic rings. The van der Waals surface area contributed by atoms with Gasteiger partial charge in [-0.15, -0.1) is 6.42 Å². The van der Waals surface area contributed by atoms with Crippen molar-refractivity contribution in [3.8, 4) is 29.5 Å². The number of benzene rings is 2. The first kappa shape index (κ1) is 17.1. The summed E-state index contributed by atoms with van der Waals surface area (Å²) < 4.78 is 13.0. The highest BCUT2D eigenvalue weighted by molar-refractivity contribution is 5.87. The largest absolute Gasteiger partial charge is 0.486 e. The molecule has 2 aromatic heterocycles. The summed E-state index contributed by atoms with van der Waals surface area (Å²) in [4.78, 5) is 8.79. The number of rotatable bonds is 4. The van der Waals surface area contributed by atoms with Crippen molar-refractivity contribution in [3.63, 3.8) is 0 Å². The minimum absolute atomic E-state index is 0.566. The third-order valence-corrected chi connectivity index (χ3v) is 4.69. The minimum atomic E-state index is 0.566. The zero-order chi connectivity index (χ0) is 19.6. The molecule has 142 valence electrons. The van der Waals surface area contributed by atoms with E-state index in [4.69, 9.17) is 15.9 Å². The van der Waals surface area contributed by atoms with Crippen LogP contribution in [0.3, 0.4) is 0 Å². The van der Waals surface area contributed by atoms with E-state index in [-0.39, 0.29) is 0 Å². The molecule has 1 aliphatic rings. The lowest BCUT2D eigenvalue weighted by Gasteiger charge is -2.19. The fourth-order valence-corrected chi connectivity index (χ4v) is 3.28. The normalized spacial score (nSPS) is 12.5. The third kappa shape index (κ3) is 3.21. The number of fused-ring (bicyclic) bond motifs is 2. The molecular weight excluding hydrogens is 366 g/mol. The van der Waals surface area contributed by atoms with Crippen molar-refractivity contribution < 1.29 is 9.47 Å². The van der Waals surface area contributed by atoms with Crippen LogP contribution in [0.25, 0.3) is 16.7 Å². The molecule has 0 spiro atoms. The Kier molecular flexibility index (Phi) is 4.22. The van der Waals surface area contributed by atoms with E-state index in [2.05, 4.69) is 26.3 Å². The van der Waals surface area contributed by atoms with Crippen LogP contribution in [0.15, 0.2) is 55.0 Å². The molecule has 7 nitrogen and oxygen atoms in total. The Hall–Kier alpha value is -4.05. The van der Waals surface area contributed by atoms with Gasteiger partial charge in [-0.25, -0.2) is 14.6 Å². The maximum atomic E-state index is 5.65. The van der Waals surface area contributed by atoms with Crippen LogP contribution in [-0.2, 0) is 6.54 Å². The van der Waals surface area contributed by atoms with E-state index in [1.807, 2.05) is 42.5 Å². The lowest BCUT2D eigenvalue weighted by Crippen LogP contribution is -2.15. The molecule has 5 rings (SSSR count). The first-order valence-electron chi connectivity index (χ1n) is 9.20.